The van der Waals surface area contributed by atoms with Crippen molar-refractivity contribution >= 4 is 12.0 Å². The van der Waals surface area contributed by atoms with Gasteiger partial charge in [-0.25, -0.2) is 4.79 Å². The van der Waals surface area contributed by atoms with Crippen molar-refractivity contribution in [3.05, 3.63) is 42.0 Å². The van der Waals surface area contributed by atoms with Gasteiger partial charge in [-0.3, -0.25) is 0 Å². The molecule has 21 heavy (non-hydrogen) atoms. The van der Waals surface area contributed by atoms with Crippen LogP contribution in [0.1, 0.15) is 32.3 Å². The molecule has 0 saturated heterocycles. The fourth-order valence-corrected chi connectivity index (χ4v) is 1.53. The summed E-state index contributed by atoms with van der Waals surface area (Å²) in [5, 5.41) is 8.73. The third kappa shape index (κ3) is 6.17. The summed E-state index contributed by atoms with van der Waals surface area (Å²) in [6, 6.07) is 5.37. The Morgan fingerprint density at radius 1 is 1.33 bits per heavy atom. The van der Waals surface area contributed by atoms with Crippen LogP contribution >= 0.6 is 0 Å². The molecule has 0 radical (unpaired) electrons. The molecule has 4 nitrogen and oxygen atoms in total. The van der Waals surface area contributed by atoms with E-state index in [2.05, 4.69) is 6.58 Å². The van der Waals surface area contributed by atoms with E-state index in [1.54, 1.807) is 18.2 Å². The lowest BCUT2D eigenvalue weighted by atomic mass is 10.1. The predicted molar refractivity (Wildman–Crippen MR) is 83.8 cm³/mol. The van der Waals surface area contributed by atoms with Crippen molar-refractivity contribution in [2.24, 2.45) is 0 Å². The number of ether oxygens (including phenoxy) is 2. The highest BCUT2D eigenvalue weighted by atomic mass is 16.5. The van der Waals surface area contributed by atoms with E-state index in [9.17, 15) is 4.79 Å². The monoisotopic (exact) mass is 290 g/mol. The average Bonchev–Trinajstić information content (AvgIpc) is 2.49. The van der Waals surface area contributed by atoms with Crippen LogP contribution in [0.25, 0.3) is 6.08 Å². The zero-order valence-corrected chi connectivity index (χ0v) is 12.6. The third-order valence-corrected chi connectivity index (χ3v) is 2.80. The maximum Gasteiger partial charge on any atom is 0.328 e. The molecule has 1 aromatic rings. The molecule has 0 aliphatic rings. The van der Waals surface area contributed by atoms with E-state index < -0.39 is 5.97 Å². The normalized spacial score (nSPS) is 10.6. The number of hydrogen-bond donors (Lipinski definition) is 1. The largest absolute Gasteiger partial charge is 0.493 e. The van der Waals surface area contributed by atoms with Gasteiger partial charge in [0, 0.05) is 17.7 Å². The van der Waals surface area contributed by atoms with E-state index in [0.29, 0.717) is 30.3 Å². The van der Waals surface area contributed by atoms with Gasteiger partial charge in [0.1, 0.15) is 18.1 Å². The first kappa shape index (κ1) is 16.8. The van der Waals surface area contributed by atoms with Gasteiger partial charge in [-0.15, -0.1) is 0 Å². The van der Waals surface area contributed by atoms with Crippen LogP contribution in [-0.4, -0.2) is 24.3 Å². The molecule has 0 aromatic heterocycles. The highest BCUT2D eigenvalue weighted by Crippen LogP contribution is 2.27. The standard InChI is InChI=1S/C17H22O4/c1-4-10-20-15-8-6-14(7-9-17(18)19)16(11-15)21-12-13(3)5-2/h6-9,11H,3-5,10,12H2,1-2H3,(H,18,19). The Morgan fingerprint density at radius 3 is 2.71 bits per heavy atom. The Labute approximate surface area is 125 Å². The quantitative estimate of drug-likeness (QED) is 0.553. The van der Waals surface area contributed by atoms with E-state index in [4.69, 9.17) is 14.6 Å². The molecule has 0 aliphatic heterocycles. The van der Waals surface area contributed by atoms with E-state index in [1.165, 1.54) is 6.08 Å². The van der Waals surface area contributed by atoms with Gasteiger partial charge in [-0.1, -0.05) is 20.4 Å². The first-order valence-corrected chi connectivity index (χ1v) is 7.04. The van der Waals surface area contributed by atoms with Crippen LogP contribution in [0.15, 0.2) is 36.4 Å². The van der Waals surface area contributed by atoms with Crippen molar-refractivity contribution in [3.8, 4) is 11.5 Å². The summed E-state index contributed by atoms with van der Waals surface area (Å²) < 4.78 is 11.3. The third-order valence-electron chi connectivity index (χ3n) is 2.80. The zero-order valence-electron chi connectivity index (χ0n) is 12.6. The summed E-state index contributed by atoms with van der Waals surface area (Å²) in [5.41, 5.74) is 1.67. The molecule has 4 heteroatoms. The predicted octanol–water partition coefficient (Wildman–Crippen LogP) is 3.92. The van der Waals surface area contributed by atoms with E-state index >= 15 is 0 Å². The van der Waals surface area contributed by atoms with Gasteiger partial charge >= 0.3 is 5.97 Å². The molecule has 1 N–H and O–H groups in total. The lowest BCUT2D eigenvalue weighted by molar-refractivity contribution is -0.131. The highest BCUT2D eigenvalue weighted by molar-refractivity contribution is 5.86. The number of aliphatic carboxylic acids is 1. The lowest BCUT2D eigenvalue weighted by Gasteiger charge is -2.12. The smallest absolute Gasteiger partial charge is 0.328 e. The summed E-state index contributed by atoms with van der Waals surface area (Å²) in [4.78, 5) is 10.6. The van der Waals surface area contributed by atoms with Gasteiger partial charge in [-0.2, -0.15) is 0 Å². The second kappa shape index (κ2) is 8.84. The van der Waals surface area contributed by atoms with Crippen LogP contribution in [0.2, 0.25) is 0 Å². The van der Waals surface area contributed by atoms with Crippen LogP contribution < -0.4 is 9.47 Å². The molecule has 0 atom stereocenters. The molecule has 0 spiro atoms. The van der Waals surface area contributed by atoms with E-state index in [-0.39, 0.29) is 0 Å². The fourth-order valence-electron chi connectivity index (χ4n) is 1.53. The number of carbonyl (C=O) groups is 1. The first-order chi connectivity index (χ1) is 10.1. The SMILES string of the molecule is C=C(CC)COc1cc(OCCC)ccc1C=CC(=O)O. The highest BCUT2D eigenvalue weighted by Gasteiger charge is 2.05. The minimum Gasteiger partial charge on any atom is -0.493 e. The minimum atomic E-state index is -0.995. The van der Waals surface area contributed by atoms with Crippen molar-refractivity contribution in [2.75, 3.05) is 13.2 Å². The number of carboxylic acid groups (broad SMARTS) is 1. The van der Waals surface area contributed by atoms with Crippen molar-refractivity contribution in [1.82, 2.24) is 0 Å². The molecule has 0 saturated carbocycles. The Bertz CT molecular complexity index is 518. The minimum absolute atomic E-state index is 0.404. The molecule has 0 bridgehead atoms. The number of hydrogen-bond acceptors (Lipinski definition) is 3. The van der Waals surface area contributed by atoms with Crippen LogP contribution in [0.5, 0.6) is 11.5 Å². The molecule has 0 unspecified atom stereocenters. The van der Waals surface area contributed by atoms with E-state index in [1.807, 2.05) is 13.8 Å². The van der Waals surface area contributed by atoms with Crippen molar-refractivity contribution in [2.45, 2.75) is 26.7 Å². The van der Waals surface area contributed by atoms with Gasteiger partial charge in [0.05, 0.1) is 6.61 Å². The molecular formula is C17H22O4. The first-order valence-electron chi connectivity index (χ1n) is 7.04. The van der Waals surface area contributed by atoms with Crippen LogP contribution in [-0.2, 0) is 4.79 Å². The fraction of sp³-hybridized carbons (Fsp3) is 0.353. The number of carboxylic acids is 1. The van der Waals surface area contributed by atoms with Crippen molar-refractivity contribution in [1.29, 1.82) is 0 Å². The summed E-state index contributed by atoms with van der Waals surface area (Å²) >= 11 is 0. The second-order valence-corrected chi connectivity index (χ2v) is 4.61. The maximum atomic E-state index is 10.6. The molecular weight excluding hydrogens is 268 g/mol. The molecule has 0 fully saturated rings. The Morgan fingerprint density at radius 2 is 2.10 bits per heavy atom. The number of rotatable bonds is 9. The van der Waals surface area contributed by atoms with Crippen molar-refractivity contribution in [3.63, 3.8) is 0 Å². The topological polar surface area (TPSA) is 55.8 Å². The van der Waals surface area contributed by atoms with Gasteiger partial charge in [-0.05, 0) is 36.6 Å². The van der Waals surface area contributed by atoms with E-state index in [0.717, 1.165) is 24.5 Å². The van der Waals surface area contributed by atoms with Crippen LogP contribution in [0, 0.1) is 0 Å². The van der Waals surface area contributed by atoms with Crippen LogP contribution in [0.3, 0.4) is 0 Å². The number of benzene rings is 1. The van der Waals surface area contributed by atoms with Crippen LogP contribution in [0.4, 0.5) is 0 Å². The van der Waals surface area contributed by atoms with Gasteiger partial charge in [0.2, 0.25) is 0 Å². The second-order valence-electron chi connectivity index (χ2n) is 4.61. The maximum absolute atomic E-state index is 10.6. The summed E-state index contributed by atoms with van der Waals surface area (Å²) in [7, 11) is 0. The molecule has 0 heterocycles. The summed E-state index contributed by atoms with van der Waals surface area (Å²) in [5.74, 6) is 0.308. The van der Waals surface area contributed by atoms with Gasteiger partial charge < -0.3 is 14.6 Å². The Kier molecular flexibility index (Phi) is 7.09. The molecule has 1 aromatic carbocycles. The average molecular weight is 290 g/mol. The molecule has 0 aliphatic carbocycles. The molecule has 0 amide bonds. The van der Waals surface area contributed by atoms with Gasteiger partial charge in [0.15, 0.2) is 0 Å². The zero-order chi connectivity index (χ0) is 15.7. The van der Waals surface area contributed by atoms with Crippen molar-refractivity contribution < 1.29 is 19.4 Å². The Hall–Kier alpha value is -2.23. The molecule has 114 valence electrons. The van der Waals surface area contributed by atoms with Gasteiger partial charge in [0.25, 0.3) is 0 Å². The lowest BCUT2D eigenvalue weighted by Crippen LogP contribution is -2.02. The molecule has 1 rings (SSSR count). The Balaban J connectivity index is 2.94. The summed E-state index contributed by atoms with van der Waals surface area (Å²) in [6.07, 6.45) is 4.36. The summed E-state index contributed by atoms with van der Waals surface area (Å²) in [6.45, 7) is 8.98.